The largest absolute Gasteiger partial charge is 0.370 e. The van der Waals surface area contributed by atoms with Crippen molar-refractivity contribution < 1.29 is 9.59 Å². The summed E-state index contributed by atoms with van der Waals surface area (Å²) < 4.78 is 0. The van der Waals surface area contributed by atoms with Gasteiger partial charge in [-0.1, -0.05) is 20.8 Å². The number of pyridine rings is 1. The molecular weight excluding hydrogens is 278 g/mol. The number of carbonyl (C=O) groups excluding carboxylic acids is 2. The summed E-state index contributed by atoms with van der Waals surface area (Å²) in [7, 11) is 0. The number of aromatic nitrogens is 1. The Morgan fingerprint density at radius 2 is 1.95 bits per heavy atom. The lowest BCUT2D eigenvalue weighted by atomic mass is 9.91. The highest BCUT2D eigenvalue weighted by atomic mass is 16.2. The second-order valence-corrected chi connectivity index (χ2v) is 6.55. The number of unbranched alkanes of at least 4 members (excludes halogenated alkanes) is 1. The highest BCUT2D eigenvalue weighted by molar-refractivity contribution is 5.89. The Kier molecular flexibility index (Phi) is 7.02. The maximum Gasteiger partial charge on any atom is 0.220 e. The quantitative estimate of drug-likeness (QED) is 0.724. The van der Waals surface area contributed by atoms with Gasteiger partial charge in [0.05, 0.1) is 6.54 Å². The van der Waals surface area contributed by atoms with Gasteiger partial charge in [0, 0.05) is 24.6 Å². The van der Waals surface area contributed by atoms with Crippen LogP contribution in [0.3, 0.4) is 0 Å². The first-order valence-corrected chi connectivity index (χ1v) is 7.75. The van der Waals surface area contributed by atoms with E-state index in [1.54, 1.807) is 6.20 Å². The van der Waals surface area contributed by atoms with Crippen LogP contribution in [0.5, 0.6) is 0 Å². The van der Waals surface area contributed by atoms with Crippen molar-refractivity contribution in [2.45, 2.75) is 47.0 Å². The molecule has 22 heavy (non-hydrogen) atoms. The fraction of sp³-hybridized carbons (Fsp3) is 0.588. The maximum absolute atomic E-state index is 11.7. The molecule has 2 N–H and O–H groups in total. The fourth-order valence-electron chi connectivity index (χ4n) is 1.79. The number of hydrogen-bond acceptors (Lipinski definition) is 4. The number of rotatable bonds is 8. The summed E-state index contributed by atoms with van der Waals surface area (Å²) in [6, 6.07) is 3.94. The van der Waals surface area contributed by atoms with Crippen molar-refractivity contribution in [3.05, 3.63) is 23.9 Å². The molecule has 0 aromatic carbocycles. The SMILES string of the molecule is Cc1ccnc(NCCCCC(=O)NCC(=O)C(C)(C)C)c1. The summed E-state index contributed by atoms with van der Waals surface area (Å²) in [6.07, 6.45) is 3.89. The van der Waals surface area contributed by atoms with Gasteiger partial charge in [-0.25, -0.2) is 4.98 Å². The molecule has 0 unspecified atom stereocenters. The van der Waals surface area contributed by atoms with E-state index in [2.05, 4.69) is 15.6 Å². The fourth-order valence-corrected chi connectivity index (χ4v) is 1.79. The van der Waals surface area contributed by atoms with E-state index >= 15 is 0 Å². The molecule has 0 aliphatic heterocycles. The van der Waals surface area contributed by atoms with Gasteiger partial charge in [-0.15, -0.1) is 0 Å². The highest BCUT2D eigenvalue weighted by Gasteiger charge is 2.21. The van der Waals surface area contributed by atoms with Crippen LogP contribution in [0.1, 0.15) is 45.6 Å². The lowest BCUT2D eigenvalue weighted by Crippen LogP contribution is -2.35. The van der Waals surface area contributed by atoms with Crippen molar-refractivity contribution in [1.29, 1.82) is 0 Å². The van der Waals surface area contributed by atoms with Gasteiger partial charge in [-0.05, 0) is 37.5 Å². The maximum atomic E-state index is 11.7. The number of amides is 1. The first kappa shape index (κ1) is 18.1. The first-order valence-electron chi connectivity index (χ1n) is 7.75. The Hall–Kier alpha value is -1.91. The van der Waals surface area contributed by atoms with Gasteiger partial charge in [0.25, 0.3) is 0 Å². The molecule has 122 valence electrons. The predicted molar refractivity (Wildman–Crippen MR) is 88.8 cm³/mol. The van der Waals surface area contributed by atoms with Crippen molar-refractivity contribution in [2.24, 2.45) is 5.41 Å². The van der Waals surface area contributed by atoms with Crippen LogP contribution in [0.15, 0.2) is 18.3 Å². The molecule has 0 saturated heterocycles. The lowest BCUT2D eigenvalue weighted by molar-refractivity contribution is -0.129. The minimum absolute atomic E-state index is 0.0491. The zero-order valence-corrected chi connectivity index (χ0v) is 14.0. The third-order valence-corrected chi connectivity index (χ3v) is 3.33. The summed E-state index contributed by atoms with van der Waals surface area (Å²) in [5.74, 6) is 0.847. The third kappa shape index (κ3) is 7.20. The van der Waals surface area contributed by atoms with Crippen molar-refractivity contribution in [3.8, 4) is 0 Å². The molecule has 0 aliphatic rings. The van der Waals surface area contributed by atoms with E-state index in [-0.39, 0.29) is 18.2 Å². The molecule has 0 bridgehead atoms. The topological polar surface area (TPSA) is 71.1 Å². The molecule has 5 nitrogen and oxygen atoms in total. The molecular formula is C17H27N3O2. The summed E-state index contributed by atoms with van der Waals surface area (Å²) in [6.45, 7) is 8.49. The van der Waals surface area contributed by atoms with Gasteiger partial charge < -0.3 is 10.6 Å². The summed E-state index contributed by atoms with van der Waals surface area (Å²) >= 11 is 0. The Balaban J connectivity index is 2.12. The number of nitrogens with zero attached hydrogens (tertiary/aromatic N) is 1. The molecule has 0 aliphatic carbocycles. The Bertz CT molecular complexity index is 507. The molecule has 1 amide bonds. The highest BCUT2D eigenvalue weighted by Crippen LogP contribution is 2.13. The number of aryl methyl sites for hydroxylation is 1. The van der Waals surface area contributed by atoms with Gasteiger partial charge in [-0.3, -0.25) is 9.59 Å². The summed E-state index contributed by atoms with van der Waals surface area (Å²) in [5.41, 5.74) is 0.762. The van der Waals surface area contributed by atoms with Crippen molar-refractivity contribution >= 4 is 17.5 Å². The normalized spacial score (nSPS) is 11.1. The monoisotopic (exact) mass is 305 g/mol. The summed E-state index contributed by atoms with van der Waals surface area (Å²) in [5, 5.41) is 5.92. The molecule has 0 spiro atoms. The van der Waals surface area contributed by atoms with Gasteiger partial charge in [0.1, 0.15) is 5.82 Å². The molecule has 1 aromatic heterocycles. The zero-order chi connectivity index (χ0) is 16.6. The smallest absolute Gasteiger partial charge is 0.220 e. The average molecular weight is 305 g/mol. The van der Waals surface area contributed by atoms with Crippen molar-refractivity contribution in [1.82, 2.24) is 10.3 Å². The molecule has 1 aromatic rings. The third-order valence-electron chi connectivity index (χ3n) is 3.33. The average Bonchev–Trinajstić information content (AvgIpc) is 2.43. The summed E-state index contributed by atoms with van der Waals surface area (Å²) in [4.78, 5) is 27.6. The first-order chi connectivity index (χ1) is 10.3. The predicted octanol–water partition coefficient (Wildman–Crippen LogP) is 2.70. The van der Waals surface area contributed by atoms with Crippen LogP contribution in [-0.4, -0.2) is 29.8 Å². The van der Waals surface area contributed by atoms with Crippen molar-refractivity contribution in [2.75, 3.05) is 18.4 Å². The van der Waals surface area contributed by atoms with Crippen LogP contribution in [-0.2, 0) is 9.59 Å². The Labute approximate surface area is 132 Å². The lowest BCUT2D eigenvalue weighted by Gasteiger charge is -2.16. The minimum Gasteiger partial charge on any atom is -0.370 e. The van der Waals surface area contributed by atoms with Gasteiger partial charge in [-0.2, -0.15) is 0 Å². The van der Waals surface area contributed by atoms with Crippen LogP contribution in [0, 0.1) is 12.3 Å². The number of carbonyl (C=O) groups is 2. The Morgan fingerprint density at radius 3 is 2.59 bits per heavy atom. The number of ketones is 1. The number of Topliss-reactive ketones (excluding diaryl/α,β-unsaturated/α-hetero) is 1. The molecule has 1 heterocycles. The number of hydrogen-bond donors (Lipinski definition) is 2. The van der Waals surface area contributed by atoms with E-state index in [1.165, 1.54) is 5.56 Å². The second-order valence-electron chi connectivity index (χ2n) is 6.55. The van der Waals surface area contributed by atoms with E-state index in [1.807, 2.05) is 39.8 Å². The van der Waals surface area contributed by atoms with E-state index in [0.717, 1.165) is 25.2 Å². The molecule has 0 fully saturated rings. The van der Waals surface area contributed by atoms with Crippen LogP contribution in [0.25, 0.3) is 0 Å². The van der Waals surface area contributed by atoms with Crippen LogP contribution >= 0.6 is 0 Å². The van der Waals surface area contributed by atoms with Gasteiger partial charge >= 0.3 is 0 Å². The Morgan fingerprint density at radius 1 is 1.23 bits per heavy atom. The minimum atomic E-state index is -0.405. The standard InChI is InChI=1S/C17H27N3O2/c1-13-8-10-19-15(11-13)18-9-6-5-7-16(22)20-12-14(21)17(2,3)4/h8,10-11H,5-7,9,12H2,1-4H3,(H,18,19)(H,20,22). The zero-order valence-electron chi connectivity index (χ0n) is 14.0. The van der Waals surface area contributed by atoms with Crippen LogP contribution in [0.4, 0.5) is 5.82 Å². The van der Waals surface area contributed by atoms with Gasteiger partial charge in [0.2, 0.25) is 5.91 Å². The molecule has 1 rings (SSSR count). The second kappa shape index (κ2) is 8.51. The van der Waals surface area contributed by atoms with Crippen molar-refractivity contribution in [3.63, 3.8) is 0 Å². The van der Waals surface area contributed by atoms with Gasteiger partial charge in [0.15, 0.2) is 5.78 Å². The van der Waals surface area contributed by atoms with Crippen LogP contribution < -0.4 is 10.6 Å². The van der Waals surface area contributed by atoms with E-state index in [0.29, 0.717) is 6.42 Å². The molecule has 0 radical (unpaired) electrons. The number of nitrogens with one attached hydrogen (secondary N) is 2. The molecule has 0 atom stereocenters. The van der Waals surface area contributed by atoms with E-state index < -0.39 is 5.41 Å². The van der Waals surface area contributed by atoms with E-state index in [9.17, 15) is 9.59 Å². The molecule has 0 saturated carbocycles. The molecule has 5 heteroatoms. The van der Waals surface area contributed by atoms with E-state index in [4.69, 9.17) is 0 Å². The van der Waals surface area contributed by atoms with Crippen LogP contribution in [0.2, 0.25) is 0 Å². The number of anilines is 1.